The number of hydrogen-bond donors (Lipinski definition) is 2. The fraction of sp³-hybridized carbons (Fsp3) is 0.308. The summed E-state index contributed by atoms with van der Waals surface area (Å²) in [5, 5.41) is 11.4. The van der Waals surface area contributed by atoms with Gasteiger partial charge in [0.15, 0.2) is 11.6 Å². The number of aryl methyl sites for hydroxylation is 1. The Hall–Kier alpha value is -4.05. The summed E-state index contributed by atoms with van der Waals surface area (Å²) in [6.45, 7) is 1.43. The summed E-state index contributed by atoms with van der Waals surface area (Å²) < 4.78 is 26.6. The zero-order chi connectivity index (χ0) is 25.1. The highest BCUT2D eigenvalue weighted by atomic mass is 19.1. The summed E-state index contributed by atoms with van der Waals surface area (Å²) in [5.74, 6) is -0.179. The Kier molecular flexibility index (Phi) is 6.77. The SMILES string of the molecule is COc1ccc([C@H](NC(=O)c2ccc3cnc(NC4CCOCC4)nc3c2)c2ccnn2C)cc1F. The van der Waals surface area contributed by atoms with E-state index in [9.17, 15) is 9.18 Å². The zero-order valence-electron chi connectivity index (χ0n) is 20.1. The third-order valence-corrected chi connectivity index (χ3v) is 6.34. The third kappa shape index (κ3) is 4.99. The van der Waals surface area contributed by atoms with Crippen molar-refractivity contribution in [3.63, 3.8) is 0 Å². The van der Waals surface area contributed by atoms with Crippen molar-refractivity contribution in [2.45, 2.75) is 24.9 Å². The second-order valence-corrected chi connectivity index (χ2v) is 8.68. The van der Waals surface area contributed by atoms with Gasteiger partial charge in [-0.25, -0.2) is 14.4 Å². The molecule has 2 aromatic carbocycles. The molecule has 9 nitrogen and oxygen atoms in total. The first-order valence-corrected chi connectivity index (χ1v) is 11.7. The van der Waals surface area contributed by atoms with Gasteiger partial charge in [-0.2, -0.15) is 5.10 Å². The Morgan fingerprint density at radius 3 is 2.75 bits per heavy atom. The van der Waals surface area contributed by atoms with Crippen LogP contribution in [0.15, 0.2) is 54.9 Å². The smallest absolute Gasteiger partial charge is 0.252 e. The topological polar surface area (TPSA) is 103 Å². The summed E-state index contributed by atoms with van der Waals surface area (Å²) in [6.07, 6.45) is 5.16. The van der Waals surface area contributed by atoms with Gasteiger partial charge < -0.3 is 20.1 Å². The number of nitrogens with one attached hydrogen (secondary N) is 2. The van der Waals surface area contributed by atoms with Gasteiger partial charge >= 0.3 is 0 Å². The molecule has 0 radical (unpaired) electrons. The number of carbonyl (C=O) groups excluding carboxylic acids is 1. The lowest BCUT2D eigenvalue weighted by Gasteiger charge is -2.23. The van der Waals surface area contributed by atoms with Crippen molar-refractivity contribution in [1.82, 2.24) is 25.1 Å². The van der Waals surface area contributed by atoms with E-state index in [0.29, 0.717) is 41.5 Å². The molecule has 3 heterocycles. The van der Waals surface area contributed by atoms with Gasteiger partial charge in [0.05, 0.1) is 24.4 Å². The Morgan fingerprint density at radius 1 is 1.19 bits per heavy atom. The maximum atomic E-state index is 14.5. The van der Waals surface area contributed by atoms with E-state index >= 15 is 0 Å². The monoisotopic (exact) mass is 490 g/mol. The van der Waals surface area contributed by atoms with E-state index in [1.165, 1.54) is 13.2 Å². The Labute approximate surface area is 207 Å². The molecular weight excluding hydrogens is 463 g/mol. The number of carbonyl (C=O) groups is 1. The molecule has 10 heteroatoms. The highest BCUT2D eigenvalue weighted by Gasteiger charge is 2.22. The van der Waals surface area contributed by atoms with Gasteiger partial charge in [-0.3, -0.25) is 9.48 Å². The van der Waals surface area contributed by atoms with Gasteiger partial charge in [0, 0.05) is 49.6 Å². The van der Waals surface area contributed by atoms with Crippen LogP contribution < -0.4 is 15.4 Å². The number of benzene rings is 2. The molecule has 5 rings (SSSR count). The average molecular weight is 491 g/mol. The van der Waals surface area contributed by atoms with Crippen molar-refractivity contribution in [2.75, 3.05) is 25.6 Å². The van der Waals surface area contributed by atoms with Gasteiger partial charge in [-0.05, 0) is 48.7 Å². The number of nitrogens with zero attached hydrogens (tertiary/aromatic N) is 4. The second-order valence-electron chi connectivity index (χ2n) is 8.68. The number of rotatable bonds is 7. The number of anilines is 1. The van der Waals surface area contributed by atoms with Crippen molar-refractivity contribution in [1.29, 1.82) is 0 Å². The number of ether oxygens (including phenoxy) is 2. The van der Waals surface area contributed by atoms with Crippen LogP contribution in [-0.4, -0.2) is 52.0 Å². The summed E-state index contributed by atoms with van der Waals surface area (Å²) >= 11 is 0. The number of fused-ring (bicyclic) bond motifs is 1. The highest BCUT2D eigenvalue weighted by Crippen LogP contribution is 2.27. The summed E-state index contributed by atoms with van der Waals surface area (Å²) in [7, 11) is 3.18. The van der Waals surface area contributed by atoms with Crippen LogP contribution in [0.4, 0.5) is 10.3 Å². The van der Waals surface area contributed by atoms with Crippen molar-refractivity contribution in [2.24, 2.45) is 7.05 Å². The van der Waals surface area contributed by atoms with Crippen LogP contribution in [0, 0.1) is 5.82 Å². The molecule has 2 N–H and O–H groups in total. The first kappa shape index (κ1) is 23.7. The van der Waals surface area contributed by atoms with E-state index in [0.717, 1.165) is 18.2 Å². The zero-order valence-corrected chi connectivity index (χ0v) is 20.1. The summed E-state index contributed by atoms with van der Waals surface area (Å²) in [6, 6.07) is 11.3. The molecule has 4 aromatic rings. The number of methoxy groups -OCH3 is 1. The first-order chi connectivity index (χ1) is 17.5. The molecule has 1 fully saturated rings. The fourth-order valence-electron chi connectivity index (χ4n) is 4.33. The Morgan fingerprint density at radius 2 is 2.03 bits per heavy atom. The molecule has 0 spiro atoms. The van der Waals surface area contributed by atoms with Crippen LogP contribution in [0.2, 0.25) is 0 Å². The molecule has 2 aromatic heterocycles. The minimum absolute atomic E-state index is 0.133. The van der Waals surface area contributed by atoms with Crippen LogP contribution in [0.1, 0.15) is 40.5 Å². The lowest BCUT2D eigenvalue weighted by atomic mass is 10.0. The lowest BCUT2D eigenvalue weighted by Crippen LogP contribution is -2.31. The number of hydrogen-bond acceptors (Lipinski definition) is 7. The predicted molar refractivity (Wildman–Crippen MR) is 132 cm³/mol. The maximum Gasteiger partial charge on any atom is 0.252 e. The van der Waals surface area contributed by atoms with Crippen molar-refractivity contribution in [3.05, 3.63) is 77.5 Å². The molecule has 1 atom stereocenters. The lowest BCUT2D eigenvalue weighted by molar-refractivity contribution is 0.0903. The van der Waals surface area contributed by atoms with Crippen LogP contribution >= 0.6 is 0 Å². The normalized spacial score (nSPS) is 15.0. The van der Waals surface area contributed by atoms with Crippen molar-refractivity contribution >= 4 is 22.8 Å². The Bertz CT molecular complexity index is 1390. The predicted octanol–water partition coefficient (Wildman–Crippen LogP) is 3.62. The quantitative estimate of drug-likeness (QED) is 0.408. The summed E-state index contributed by atoms with van der Waals surface area (Å²) in [5.41, 5.74) is 2.36. The van der Waals surface area contributed by atoms with E-state index in [-0.39, 0.29) is 17.7 Å². The van der Waals surface area contributed by atoms with Crippen molar-refractivity contribution in [3.8, 4) is 5.75 Å². The minimum Gasteiger partial charge on any atom is -0.494 e. The van der Waals surface area contributed by atoms with Gasteiger partial charge in [-0.1, -0.05) is 12.1 Å². The number of halogens is 1. The molecule has 0 unspecified atom stereocenters. The number of amides is 1. The van der Waals surface area contributed by atoms with Crippen LogP contribution in [0.25, 0.3) is 10.9 Å². The van der Waals surface area contributed by atoms with E-state index in [2.05, 4.69) is 25.7 Å². The molecule has 0 saturated carbocycles. The van der Waals surface area contributed by atoms with Gasteiger partial charge in [0.1, 0.15) is 0 Å². The van der Waals surface area contributed by atoms with E-state index in [4.69, 9.17) is 9.47 Å². The largest absolute Gasteiger partial charge is 0.494 e. The van der Waals surface area contributed by atoms with Crippen molar-refractivity contribution < 1.29 is 18.7 Å². The molecule has 36 heavy (non-hydrogen) atoms. The third-order valence-electron chi connectivity index (χ3n) is 6.34. The standard InChI is InChI=1S/C26H27FN6O3/c1-33-22(7-10-29-33)24(16-5-6-23(35-2)20(27)13-16)32-25(34)17-3-4-18-15-28-26(31-21(18)14-17)30-19-8-11-36-12-9-19/h3-7,10,13-15,19,24H,8-9,11-12H2,1-2H3,(H,32,34)(H,28,30,31)/t24-/m0/s1. The fourth-order valence-corrected chi connectivity index (χ4v) is 4.33. The minimum atomic E-state index is -0.628. The van der Waals surface area contributed by atoms with Crippen LogP contribution in [0.5, 0.6) is 5.75 Å². The number of aromatic nitrogens is 4. The maximum absolute atomic E-state index is 14.5. The highest BCUT2D eigenvalue weighted by molar-refractivity contribution is 5.98. The Balaban J connectivity index is 1.42. The molecule has 1 aliphatic heterocycles. The second kappa shape index (κ2) is 10.3. The van der Waals surface area contributed by atoms with Gasteiger partial charge in [-0.15, -0.1) is 0 Å². The van der Waals surface area contributed by atoms with Gasteiger partial charge in [0.25, 0.3) is 5.91 Å². The van der Waals surface area contributed by atoms with Crippen LogP contribution in [0.3, 0.4) is 0 Å². The van der Waals surface area contributed by atoms with Crippen LogP contribution in [-0.2, 0) is 11.8 Å². The van der Waals surface area contributed by atoms with E-state index < -0.39 is 11.9 Å². The molecule has 1 aliphatic rings. The average Bonchev–Trinajstić information content (AvgIpc) is 3.32. The molecule has 1 amide bonds. The molecule has 186 valence electrons. The molecule has 0 bridgehead atoms. The van der Waals surface area contributed by atoms with Gasteiger partial charge in [0.2, 0.25) is 5.95 Å². The summed E-state index contributed by atoms with van der Waals surface area (Å²) in [4.78, 5) is 22.4. The molecule has 1 saturated heterocycles. The first-order valence-electron chi connectivity index (χ1n) is 11.7. The molecule has 0 aliphatic carbocycles. The molecular formula is C26H27FN6O3. The van der Waals surface area contributed by atoms with E-state index in [1.54, 1.807) is 54.5 Å². The van der Waals surface area contributed by atoms with E-state index in [1.807, 2.05) is 6.07 Å².